The summed E-state index contributed by atoms with van der Waals surface area (Å²) >= 11 is 7.27. The third-order valence-corrected chi connectivity index (χ3v) is 4.92. The quantitative estimate of drug-likeness (QED) is 0.554. The fourth-order valence-electron chi connectivity index (χ4n) is 2.49. The van der Waals surface area contributed by atoms with E-state index in [0.29, 0.717) is 27.3 Å². The van der Waals surface area contributed by atoms with Crippen molar-refractivity contribution in [2.75, 3.05) is 23.5 Å². The Hall–Kier alpha value is -3.04. The van der Waals surface area contributed by atoms with Gasteiger partial charge in [-0.2, -0.15) is 0 Å². The summed E-state index contributed by atoms with van der Waals surface area (Å²) in [7, 11) is 1.53. The number of benzene rings is 2. The molecule has 0 unspecified atom stereocenters. The molecule has 10 heteroatoms. The molecule has 3 aromatic rings. The predicted octanol–water partition coefficient (Wildman–Crippen LogP) is 3.62. The topological polar surface area (TPSA) is 98.1 Å². The van der Waals surface area contributed by atoms with Crippen molar-refractivity contribution in [3.05, 3.63) is 53.8 Å². The number of aromatic nitrogens is 3. The largest absolute Gasteiger partial charge is 0.497 e. The van der Waals surface area contributed by atoms with Crippen LogP contribution in [-0.2, 0) is 9.59 Å². The summed E-state index contributed by atoms with van der Waals surface area (Å²) < 4.78 is 6.94. The van der Waals surface area contributed by atoms with E-state index >= 15 is 0 Å². The summed E-state index contributed by atoms with van der Waals surface area (Å²) in [6, 6.07) is 12.3. The maximum Gasteiger partial charge on any atom is 0.234 e. The molecule has 8 nitrogen and oxygen atoms in total. The van der Waals surface area contributed by atoms with Gasteiger partial charge in [-0.15, -0.1) is 10.2 Å². The number of hydrogen-bond donors (Lipinski definition) is 2. The smallest absolute Gasteiger partial charge is 0.234 e. The average Bonchev–Trinajstić information content (AvgIpc) is 3.16. The van der Waals surface area contributed by atoms with Crippen LogP contribution in [0.25, 0.3) is 5.69 Å². The number of nitrogens with zero attached hydrogens (tertiary/aromatic N) is 3. The van der Waals surface area contributed by atoms with Crippen molar-refractivity contribution in [1.82, 2.24) is 14.8 Å². The van der Waals surface area contributed by atoms with Crippen molar-refractivity contribution < 1.29 is 14.3 Å². The summed E-state index contributed by atoms with van der Waals surface area (Å²) in [5.74, 6) is 0.142. The lowest BCUT2D eigenvalue weighted by atomic mass is 10.2. The van der Waals surface area contributed by atoms with E-state index in [0.717, 1.165) is 5.69 Å². The summed E-state index contributed by atoms with van der Waals surface area (Å²) in [6.45, 7) is 1.40. The van der Waals surface area contributed by atoms with Crippen LogP contribution in [0.4, 0.5) is 11.4 Å². The average molecular weight is 432 g/mol. The van der Waals surface area contributed by atoms with Gasteiger partial charge in [-0.05, 0) is 30.3 Å². The number of nitrogens with one attached hydrogen (secondary N) is 2. The number of anilines is 2. The summed E-state index contributed by atoms with van der Waals surface area (Å²) in [5.41, 5.74) is 1.73. The molecule has 2 amide bonds. The predicted molar refractivity (Wildman–Crippen MR) is 113 cm³/mol. The van der Waals surface area contributed by atoms with Gasteiger partial charge in [-0.25, -0.2) is 0 Å². The number of hydrogen-bond acceptors (Lipinski definition) is 6. The van der Waals surface area contributed by atoms with Gasteiger partial charge in [0.2, 0.25) is 11.8 Å². The second kappa shape index (κ2) is 9.44. The van der Waals surface area contributed by atoms with E-state index < -0.39 is 0 Å². The number of ether oxygens (including phenoxy) is 1. The van der Waals surface area contributed by atoms with E-state index in [9.17, 15) is 9.59 Å². The van der Waals surface area contributed by atoms with E-state index in [1.165, 1.54) is 25.8 Å². The van der Waals surface area contributed by atoms with Gasteiger partial charge in [0.1, 0.15) is 12.1 Å². The molecule has 0 aliphatic heterocycles. The third kappa shape index (κ3) is 5.49. The lowest BCUT2D eigenvalue weighted by Crippen LogP contribution is -2.17. The molecule has 0 fully saturated rings. The van der Waals surface area contributed by atoms with E-state index in [2.05, 4.69) is 20.8 Å². The molecule has 0 spiro atoms. The SMILES string of the molecule is COc1ccc(NC(C)=O)c(NC(=O)CSc2nncn2-c2cccc(Cl)c2)c1. The molecule has 1 aromatic heterocycles. The van der Waals surface area contributed by atoms with Crippen LogP contribution in [0.1, 0.15) is 6.92 Å². The molecule has 1 heterocycles. The first-order chi connectivity index (χ1) is 14.0. The van der Waals surface area contributed by atoms with Crippen molar-refractivity contribution in [3.8, 4) is 11.4 Å². The molecular formula is C19H18ClN5O3S. The molecule has 0 atom stereocenters. The van der Waals surface area contributed by atoms with Crippen LogP contribution in [0.5, 0.6) is 5.75 Å². The molecule has 0 aliphatic carbocycles. The van der Waals surface area contributed by atoms with Crippen LogP contribution in [0.15, 0.2) is 53.9 Å². The molecule has 2 N–H and O–H groups in total. The summed E-state index contributed by atoms with van der Waals surface area (Å²) in [5, 5.41) is 14.6. The molecule has 3 rings (SSSR count). The number of halogens is 1. The van der Waals surface area contributed by atoms with Gasteiger partial charge in [-0.3, -0.25) is 14.2 Å². The molecule has 0 bridgehead atoms. The standard InChI is InChI=1S/C19H18ClN5O3S/c1-12(26)22-16-7-6-15(28-2)9-17(16)23-18(27)10-29-19-24-21-11-25(19)14-5-3-4-13(20)8-14/h3-9,11H,10H2,1-2H3,(H,22,26)(H,23,27). The minimum absolute atomic E-state index is 0.0932. The van der Waals surface area contributed by atoms with Crippen LogP contribution in [0.3, 0.4) is 0 Å². The van der Waals surface area contributed by atoms with Crippen LogP contribution in [0, 0.1) is 0 Å². The van der Waals surface area contributed by atoms with E-state index in [4.69, 9.17) is 16.3 Å². The van der Waals surface area contributed by atoms with Crippen LogP contribution < -0.4 is 15.4 Å². The second-order valence-electron chi connectivity index (χ2n) is 5.89. The molecule has 0 saturated carbocycles. The lowest BCUT2D eigenvalue weighted by molar-refractivity contribution is -0.115. The summed E-state index contributed by atoms with van der Waals surface area (Å²) in [6.07, 6.45) is 1.56. The first kappa shape index (κ1) is 20.7. The first-order valence-corrected chi connectivity index (χ1v) is 9.87. The van der Waals surface area contributed by atoms with Crippen molar-refractivity contribution in [2.45, 2.75) is 12.1 Å². The Morgan fingerprint density at radius 2 is 2.00 bits per heavy atom. The molecule has 150 valence electrons. The molecular weight excluding hydrogens is 414 g/mol. The molecule has 29 heavy (non-hydrogen) atoms. The van der Waals surface area contributed by atoms with Gasteiger partial charge in [-0.1, -0.05) is 29.4 Å². The van der Waals surface area contributed by atoms with E-state index in [1.54, 1.807) is 41.2 Å². The van der Waals surface area contributed by atoms with Crippen molar-refractivity contribution in [3.63, 3.8) is 0 Å². The molecule has 0 aliphatic rings. The third-order valence-electron chi connectivity index (χ3n) is 3.75. The normalized spacial score (nSPS) is 10.4. The first-order valence-electron chi connectivity index (χ1n) is 8.50. The highest BCUT2D eigenvalue weighted by Crippen LogP contribution is 2.28. The highest BCUT2D eigenvalue weighted by molar-refractivity contribution is 7.99. The summed E-state index contributed by atoms with van der Waals surface area (Å²) in [4.78, 5) is 23.9. The van der Waals surface area contributed by atoms with Gasteiger partial charge in [0.15, 0.2) is 5.16 Å². The Balaban J connectivity index is 1.70. The zero-order valence-electron chi connectivity index (χ0n) is 15.7. The van der Waals surface area contributed by atoms with Crippen molar-refractivity contribution in [2.24, 2.45) is 0 Å². The van der Waals surface area contributed by atoms with Gasteiger partial charge >= 0.3 is 0 Å². The van der Waals surface area contributed by atoms with Gasteiger partial charge in [0.05, 0.1) is 29.9 Å². The fourth-order valence-corrected chi connectivity index (χ4v) is 3.41. The Kier molecular flexibility index (Phi) is 6.73. The molecule has 2 aromatic carbocycles. The second-order valence-corrected chi connectivity index (χ2v) is 7.27. The zero-order chi connectivity index (χ0) is 20.8. The Morgan fingerprint density at radius 3 is 2.72 bits per heavy atom. The fraction of sp³-hybridized carbons (Fsp3) is 0.158. The number of thioether (sulfide) groups is 1. The van der Waals surface area contributed by atoms with E-state index in [1.807, 2.05) is 12.1 Å². The molecule has 0 saturated heterocycles. The van der Waals surface area contributed by atoms with Crippen molar-refractivity contribution in [1.29, 1.82) is 0 Å². The van der Waals surface area contributed by atoms with Gasteiger partial charge in [0, 0.05) is 18.0 Å². The highest BCUT2D eigenvalue weighted by Gasteiger charge is 2.13. The van der Waals surface area contributed by atoms with Crippen molar-refractivity contribution >= 4 is 46.6 Å². The number of carbonyl (C=O) groups excluding carboxylic acids is 2. The number of methoxy groups -OCH3 is 1. The van der Waals surface area contributed by atoms with Crippen LogP contribution in [0.2, 0.25) is 5.02 Å². The van der Waals surface area contributed by atoms with Crippen LogP contribution in [-0.4, -0.2) is 39.4 Å². The van der Waals surface area contributed by atoms with Gasteiger partial charge < -0.3 is 15.4 Å². The minimum Gasteiger partial charge on any atom is -0.497 e. The van der Waals surface area contributed by atoms with Gasteiger partial charge in [0.25, 0.3) is 0 Å². The Bertz CT molecular complexity index is 1040. The molecule has 0 radical (unpaired) electrons. The van der Waals surface area contributed by atoms with E-state index in [-0.39, 0.29) is 17.6 Å². The number of rotatable bonds is 7. The lowest BCUT2D eigenvalue weighted by Gasteiger charge is -2.13. The highest BCUT2D eigenvalue weighted by atomic mass is 35.5. The Morgan fingerprint density at radius 1 is 1.17 bits per heavy atom. The number of carbonyl (C=O) groups is 2. The number of amides is 2. The maximum absolute atomic E-state index is 12.5. The maximum atomic E-state index is 12.5. The zero-order valence-corrected chi connectivity index (χ0v) is 17.3. The monoisotopic (exact) mass is 431 g/mol. The minimum atomic E-state index is -0.268. The van der Waals surface area contributed by atoms with Crippen LogP contribution >= 0.6 is 23.4 Å². The Labute approximate surface area is 176 Å².